The fourth-order valence-electron chi connectivity index (χ4n) is 1.81. The molecule has 0 amide bonds. The number of hydrogen-bond acceptors (Lipinski definition) is 2. The van der Waals surface area contributed by atoms with Gasteiger partial charge in [-0.1, -0.05) is 36.4 Å². The van der Waals surface area contributed by atoms with Gasteiger partial charge in [-0.3, -0.25) is 4.21 Å². The highest BCUT2D eigenvalue weighted by Gasteiger charge is 2.16. The van der Waals surface area contributed by atoms with Crippen LogP contribution in [-0.4, -0.2) is 15.3 Å². The zero-order chi connectivity index (χ0) is 13.8. The van der Waals surface area contributed by atoms with Crippen LogP contribution in [0, 0.1) is 0 Å². The molecule has 0 fully saturated rings. The Bertz CT molecular complexity index is 608. The summed E-state index contributed by atoms with van der Waals surface area (Å²) < 4.78 is 12.4. The SMILES string of the molecule is CC(c1ccccc1)S(=O)c1cccc(C(=O)O)c1. The molecule has 0 aliphatic heterocycles. The van der Waals surface area contributed by atoms with Gasteiger partial charge in [0, 0.05) is 4.90 Å². The van der Waals surface area contributed by atoms with Gasteiger partial charge in [-0.2, -0.15) is 0 Å². The van der Waals surface area contributed by atoms with E-state index in [1.54, 1.807) is 12.1 Å². The Morgan fingerprint density at radius 1 is 1.11 bits per heavy atom. The fraction of sp³-hybridized carbons (Fsp3) is 0.133. The number of carbonyl (C=O) groups is 1. The summed E-state index contributed by atoms with van der Waals surface area (Å²) in [7, 11) is -1.27. The molecule has 0 bridgehead atoms. The summed E-state index contributed by atoms with van der Waals surface area (Å²) in [5.74, 6) is -1.01. The number of carboxylic acids is 1. The van der Waals surface area contributed by atoms with Gasteiger partial charge in [0.05, 0.1) is 21.6 Å². The Kier molecular flexibility index (Phi) is 4.12. The van der Waals surface area contributed by atoms with E-state index < -0.39 is 16.8 Å². The van der Waals surface area contributed by atoms with E-state index in [9.17, 15) is 9.00 Å². The molecule has 0 spiro atoms. The molecule has 0 aliphatic rings. The van der Waals surface area contributed by atoms with E-state index in [2.05, 4.69) is 0 Å². The molecule has 2 unspecified atom stereocenters. The van der Waals surface area contributed by atoms with Crippen LogP contribution in [0.1, 0.15) is 28.1 Å². The molecule has 98 valence electrons. The van der Waals surface area contributed by atoms with E-state index in [1.807, 2.05) is 37.3 Å². The monoisotopic (exact) mass is 274 g/mol. The Morgan fingerprint density at radius 2 is 1.79 bits per heavy atom. The highest BCUT2D eigenvalue weighted by Crippen LogP contribution is 2.25. The molecule has 2 aromatic rings. The first-order valence-corrected chi connectivity index (χ1v) is 7.10. The number of benzene rings is 2. The first kappa shape index (κ1) is 13.5. The second-order valence-electron chi connectivity index (χ2n) is 4.18. The Hall–Kier alpha value is -1.94. The minimum absolute atomic E-state index is 0.158. The van der Waals surface area contributed by atoms with Crippen LogP contribution in [0.2, 0.25) is 0 Å². The van der Waals surface area contributed by atoms with Gasteiger partial charge < -0.3 is 5.11 Å². The van der Waals surface area contributed by atoms with Crippen molar-refractivity contribution in [1.82, 2.24) is 0 Å². The van der Waals surface area contributed by atoms with Crippen LogP contribution < -0.4 is 0 Å². The maximum Gasteiger partial charge on any atom is 0.335 e. The van der Waals surface area contributed by atoms with Gasteiger partial charge in [0.15, 0.2) is 0 Å². The van der Waals surface area contributed by atoms with E-state index in [0.29, 0.717) is 4.90 Å². The van der Waals surface area contributed by atoms with E-state index in [1.165, 1.54) is 12.1 Å². The molecular formula is C15H14O3S. The van der Waals surface area contributed by atoms with Crippen molar-refractivity contribution in [2.45, 2.75) is 17.1 Å². The standard InChI is InChI=1S/C15H14O3S/c1-11(12-6-3-2-4-7-12)19(18)14-9-5-8-13(10-14)15(16)17/h2-11H,1H3,(H,16,17). The van der Waals surface area contributed by atoms with Crippen LogP contribution in [0.5, 0.6) is 0 Å². The van der Waals surface area contributed by atoms with Gasteiger partial charge in [-0.15, -0.1) is 0 Å². The third-order valence-corrected chi connectivity index (χ3v) is 4.54. The second kappa shape index (κ2) is 5.80. The molecule has 2 rings (SSSR count). The van der Waals surface area contributed by atoms with Crippen LogP contribution in [0.15, 0.2) is 59.5 Å². The molecule has 0 heterocycles. The second-order valence-corrected chi connectivity index (χ2v) is 5.96. The lowest BCUT2D eigenvalue weighted by atomic mass is 10.2. The van der Waals surface area contributed by atoms with Crippen molar-refractivity contribution >= 4 is 16.8 Å². The maximum atomic E-state index is 12.4. The van der Waals surface area contributed by atoms with E-state index in [4.69, 9.17) is 5.11 Å². The topological polar surface area (TPSA) is 54.4 Å². The summed E-state index contributed by atoms with van der Waals surface area (Å²) in [6, 6.07) is 15.8. The molecule has 4 heteroatoms. The van der Waals surface area contributed by atoms with Crippen molar-refractivity contribution < 1.29 is 14.1 Å². The van der Waals surface area contributed by atoms with Gasteiger partial charge >= 0.3 is 5.97 Å². The molecule has 0 saturated heterocycles. The first-order valence-electron chi connectivity index (χ1n) is 5.88. The summed E-state index contributed by atoms with van der Waals surface area (Å²) in [5, 5.41) is 8.77. The lowest BCUT2D eigenvalue weighted by Crippen LogP contribution is -2.05. The van der Waals surface area contributed by atoms with Crippen LogP contribution in [-0.2, 0) is 10.8 Å². The predicted octanol–water partition coefficient (Wildman–Crippen LogP) is 3.25. The molecule has 0 aliphatic carbocycles. The molecule has 2 atom stereocenters. The zero-order valence-electron chi connectivity index (χ0n) is 10.4. The van der Waals surface area contributed by atoms with E-state index in [-0.39, 0.29) is 10.8 Å². The van der Waals surface area contributed by atoms with Crippen molar-refractivity contribution in [3.63, 3.8) is 0 Å². The number of aromatic carboxylic acids is 1. The summed E-state index contributed by atoms with van der Waals surface area (Å²) in [5.41, 5.74) is 1.13. The van der Waals surface area contributed by atoms with Crippen LogP contribution in [0.25, 0.3) is 0 Å². The maximum absolute atomic E-state index is 12.4. The quantitative estimate of drug-likeness (QED) is 0.931. The first-order chi connectivity index (χ1) is 9.09. The summed E-state index contributed by atoms with van der Waals surface area (Å²) in [4.78, 5) is 11.5. The molecular weight excluding hydrogens is 260 g/mol. The zero-order valence-corrected chi connectivity index (χ0v) is 11.3. The summed E-state index contributed by atoms with van der Waals surface area (Å²) >= 11 is 0. The molecule has 1 N–H and O–H groups in total. The molecule has 0 saturated carbocycles. The average Bonchev–Trinajstić information content (AvgIpc) is 2.46. The van der Waals surface area contributed by atoms with Crippen LogP contribution in [0.4, 0.5) is 0 Å². The summed E-state index contributed by atoms with van der Waals surface area (Å²) in [6.45, 7) is 1.87. The highest BCUT2D eigenvalue weighted by molar-refractivity contribution is 7.85. The number of hydrogen-bond donors (Lipinski definition) is 1. The molecule has 3 nitrogen and oxygen atoms in total. The average molecular weight is 274 g/mol. The lowest BCUT2D eigenvalue weighted by Gasteiger charge is -2.12. The van der Waals surface area contributed by atoms with Gasteiger partial charge in [0.2, 0.25) is 0 Å². The Labute approximate surface area is 114 Å². The van der Waals surface area contributed by atoms with Crippen LogP contribution >= 0.6 is 0 Å². The fourth-order valence-corrected chi connectivity index (χ4v) is 3.07. The van der Waals surface area contributed by atoms with Gasteiger partial charge in [0.25, 0.3) is 0 Å². The summed E-state index contributed by atoms with van der Waals surface area (Å²) in [6.07, 6.45) is 0. The van der Waals surface area contributed by atoms with Gasteiger partial charge in [0.1, 0.15) is 0 Å². The van der Waals surface area contributed by atoms with E-state index >= 15 is 0 Å². The molecule has 0 aromatic heterocycles. The van der Waals surface area contributed by atoms with Crippen molar-refractivity contribution in [2.75, 3.05) is 0 Å². The third-order valence-electron chi connectivity index (χ3n) is 2.90. The van der Waals surface area contributed by atoms with Crippen molar-refractivity contribution in [1.29, 1.82) is 0 Å². The van der Waals surface area contributed by atoms with Gasteiger partial charge in [-0.05, 0) is 30.7 Å². The van der Waals surface area contributed by atoms with E-state index in [0.717, 1.165) is 5.56 Å². The Balaban J connectivity index is 2.29. The third kappa shape index (κ3) is 3.09. The largest absolute Gasteiger partial charge is 0.478 e. The van der Waals surface area contributed by atoms with Crippen molar-refractivity contribution in [3.8, 4) is 0 Å². The normalized spacial score (nSPS) is 13.7. The van der Waals surface area contributed by atoms with Gasteiger partial charge in [-0.25, -0.2) is 4.79 Å². The molecule has 19 heavy (non-hydrogen) atoms. The van der Waals surface area contributed by atoms with Crippen molar-refractivity contribution in [2.24, 2.45) is 0 Å². The lowest BCUT2D eigenvalue weighted by molar-refractivity contribution is 0.0696. The molecule has 2 aromatic carbocycles. The van der Waals surface area contributed by atoms with Crippen LogP contribution in [0.3, 0.4) is 0 Å². The van der Waals surface area contributed by atoms with Crippen molar-refractivity contribution in [3.05, 3.63) is 65.7 Å². The minimum atomic E-state index is -1.27. The Morgan fingerprint density at radius 3 is 2.42 bits per heavy atom. The number of rotatable bonds is 4. The highest BCUT2D eigenvalue weighted by atomic mass is 32.2. The number of carboxylic acid groups (broad SMARTS) is 1. The smallest absolute Gasteiger partial charge is 0.335 e. The predicted molar refractivity (Wildman–Crippen MR) is 74.7 cm³/mol. The minimum Gasteiger partial charge on any atom is -0.478 e. The molecule has 0 radical (unpaired) electrons.